The van der Waals surface area contributed by atoms with Crippen LogP contribution < -0.4 is 0 Å². The molecule has 0 aliphatic rings. The third-order valence-corrected chi connectivity index (χ3v) is 4.62. The lowest BCUT2D eigenvalue weighted by molar-refractivity contribution is -0.197. The summed E-state index contributed by atoms with van der Waals surface area (Å²) >= 11 is 9.10. The quantitative estimate of drug-likeness (QED) is 0.467. The number of benzene rings is 1. The van der Waals surface area contributed by atoms with Gasteiger partial charge in [-0.25, -0.2) is 4.79 Å². The van der Waals surface area contributed by atoms with Crippen LogP contribution in [0.15, 0.2) is 25.6 Å². The molecule has 0 saturated heterocycles. The van der Waals surface area contributed by atoms with E-state index in [1.54, 1.807) is 0 Å². The third-order valence-electron chi connectivity index (χ3n) is 2.19. The Morgan fingerprint density at radius 2 is 1.68 bits per heavy atom. The van der Waals surface area contributed by atoms with Gasteiger partial charge in [-0.3, -0.25) is 4.55 Å². The van der Waals surface area contributed by atoms with Crippen LogP contribution in [-0.2, 0) is 14.9 Å². The van der Waals surface area contributed by atoms with Gasteiger partial charge in [0.2, 0.25) is 6.10 Å². The lowest BCUT2D eigenvalue weighted by atomic mass is 10.2. The second-order valence-corrected chi connectivity index (χ2v) is 8.05. The topological polar surface area (TPSA) is 80.7 Å². The van der Waals surface area contributed by atoms with Crippen molar-refractivity contribution in [2.75, 3.05) is 5.75 Å². The Morgan fingerprint density at radius 1 is 1.23 bits per heavy atom. The minimum Gasteiger partial charge on any atom is -0.448 e. The molecule has 12 heteroatoms. The lowest BCUT2D eigenvalue weighted by Gasteiger charge is -2.20. The maximum Gasteiger partial charge on any atom is 0.426 e. The van der Waals surface area contributed by atoms with E-state index < -0.39 is 34.1 Å². The maximum atomic E-state index is 12.7. The third kappa shape index (κ3) is 5.80. The van der Waals surface area contributed by atoms with E-state index in [1.165, 1.54) is 12.1 Å². The highest BCUT2D eigenvalue weighted by atomic mass is 79.9. The highest BCUT2D eigenvalue weighted by molar-refractivity contribution is 9.11. The highest BCUT2D eigenvalue weighted by Crippen LogP contribution is 2.32. The SMILES string of the molecule is O=C(OC(CS(=O)(=O)O)C(F)(F)F)c1c(Br)cc(Br)cc1Br. The number of rotatable bonds is 4. The summed E-state index contributed by atoms with van der Waals surface area (Å²) < 4.78 is 72.9. The summed E-state index contributed by atoms with van der Waals surface area (Å²) in [6, 6.07) is 2.79. The average Bonchev–Trinajstić information content (AvgIpc) is 2.22. The molecule has 1 N–H and O–H groups in total. The molecule has 1 atom stereocenters. The minimum absolute atomic E-state index is 0.131. The first-order valence-electron chi connectivity index (χ1n) is 5.18. The lowest BCUT2D eigenvalue weighted by Crippen LogP contribution is -2.39. The fourth-order valence-electron chi connectivity index (χ4n) is 1.31. The Balaban J connectivity index is 3.12. The van der Waals surface area contributed by atoms with E-state index in [4.69, 9.17) is 4.55 Å². The van der Waals surface area contributed by atoms with Gasteiger partial charge in [0.15, 0.2) is 0 Å². The summed E-state index contributed by atoms with van der Waals surface area (Å²) in [5, 5.41) is 0. The molecular formula is C10H6Br3F3O5S. The second-order valence-electron chi connectivity index (χ2n) is 3.93. The zero-order chi connectivity index (χ0) is 17.3. The molecule has 1 aromatic rings. The van der Waals surface area contributed by atoms with Gasteiger partial charge in [0.05, 0.1) is 5.56 Å². The molecule has 0 aliphatic carbocycles. The zero-order valence-corrected chi connectivity index (χ0v) is 15.8. The molecule has 0 bridgehead atoms. The summed E-state index contributed by atoms with van der Waals surface area (Å²) in [6.07, 6.45) is -8.14. The van der Waals surface area contributed by atoms with Crippen molar-refractivity contribution in [1.29, 1.82) is 0 Å². The van der Waals surface area contributed by atoms with Gasteiger partial charge in [-0.15, -0.1) is 0 Å². The van der Waals surface area contributed by atoms with Crippen LogP contribution >= 0.6 is 47.8 Å². The number of hydrogen-bond donors (Lipinski definition) is 1. The largest absolute Gasteiger partial charge is 0.448 e. The number of hydrogen-bond acceptors (Lipinski definition) is 4. The fraction of sp³-hybridized carbons (Fsp3) is 0.300. The summed E-state index contributed by atoms with van der Waals surface area (Å²) in [5.74, 6) is -3.19. The van der Waals surface area contributed by atoms with Crippen LogP contribution in [0, 0.1) is 0 Å². The number of carbonyl (C=O) groups excluding carboxylic acids is 1. The van der Waals surface area contributed by atoms with Crippen molar-refractivity contribution < 1.29 is 35.7 Å². The Bertz CT molecular complexity index is 667. The van der Waals surface area contributed by atoms with Crippen molar-refractivity contribution in [2.24, 2.45) is 0 Å². The van der Waals surface area contributed by atoms with E-state index in [0.717, 1.165) is 0 Å². The van der Waals surface area contributed by atoms with Gasteiger partial charge in [-0.2, -0.15) is 21.6 Å². The molecule has 1 unspecified atom stereocenters. The van der Waals surface area contributed by atoms with E-state index >= 15 is 0 Å². The minimum atomic E-state index is -5.15. The molecule has 1 aromatic carbocycles. The summed E-state index contributed by atoms with van der Waals surface area (Å²) in [7, 11) is -4.99. The highest BCUT2D eigenvalue weighted by Gasteiger charge is 2.45. The van der Waals surface area contributed by atoms with Crippen LogP contribution in [0.3, 0.4) is 0 Å². The number of halogens is 6. The van der Waals surface area contributed by atoms with Crippen molar-refractivity contribution >= 4 is 63.9 Å². The number of carbonyl (C=O) groups is 1. The van der Waals surface area contributed by atoms with Gasteiger partial charge in [-0.1, -0.05) is 15.9 Å². The molecule has 0 radical (unpaired) electrons. The first-order chi connectivity index (χ1) is 9.81. The Labute approximate surface area is 148 Å². The molecule has 22 heavy (non-hydrogen) atoms. The van der Waals surface area contributed by atoms with Gasteiger partial charge in [0.1, 0.15) is 5.75 Å². The molecular weight excluding hydrogens is 529 g/mol. The van der Waals surface area contributed by atoms with Crippen molar-refractivity contribution in [1.82, 2.24) is 0 Å². The van der Waals surface area contributed by atoms with E-state index in [9.17, 15) is 26.4 Å². The van der Waals surface area contributed by atoms with Gasteiger partial charge in [0, 0.05) is 13.4 Å². The van der Waals surface area contributed by atoms with E-state index in [0.29, 0.717) is 4.47 Å². The maximum absolute atomic E-state index is 12.7. The molecule has 0 fully saturated rings. The molecule has 0 saturated carbocycles. The normalized spacial score (nSPS) is 13.8. The Morgan fingerprint density at radius 3 is 2.05 bits per heavy atom. The van der Waals surface area contributed by atoms with Crippen molar-refractivity contribution in [3.05, 3.63) is 31.1 Å². The molecule has 1 rings (SSSR count). The molecule has 0 aromatic heterocycles. The van der Waals surface area contributed by atoms with Gasteiger partial charge in [-0.05, 0) is 44.0 Å². The van der Waals surface area contributed by atoms with E-state index in [1.807, 2.05) is 0 Å². The van der Waals surface area contributed by atoms with Crippen LogP contribution in [0.2, 0.25) is 0 Å². The molecule has 124 valence electrons. The first kappa shape index (κ1) is 19.9. The number of esters is 1. The molecule has 0 heterocycles. The molecule has 0 aliphatic heterocycles. The average molecular weight is 535 g/mol. The van der Waals surface area contributed by atoms with Crippen LogP contribution in [0.1, 0.15) is 10.4 Å². The molecule has 5 nitrogen and oxygen atoms in total. The summed E-state index contributed by atoms with van der Waals surface area (Å²) in [5.41, 5.74) is -0.257. The Kier molecular flexibility index (Phi) is 6.47. The summed E-state index contributed by atoms with van der Waals surface area (Å²) in [4.78, 5) is 11.9. The van der Waals surface area contributed by atoms with Gasteiger partial charge in [0.25, 0.3) is 10.1 Å². The summed E-state index contributed by atoms with van der Waals surface area (Å²) in [6.45, 7) is 0. The first-order valence-corrected chi connectivity index (χ1v) is 9.17. The predicted octanol–water partition coefficient (Wildman–Crippen LogP) is 3.95. The zero-order valence-electron chi connectivity index (χ0n) is 10.2. The van der Waals surface area contributed by atoms with Crippen LogP contribution in [0.5, 0.6) is 0 Å². The van der Waals surface area contributed by atoms with E-state index in [2.05, 4.69) is 52.5 Å². The van der Waals surface area contributed by atoms with Crippen molar-refractivity contribution in [3.8, 4) is 0 Å². The van der Waals surface area contributed by atoms with Gasteiger partial charge >= 0.3 is 12.1 Å². The van der Waals surface area contributed by atoms with Crippen LogP contribution in [0.4, 0.5) is 13.2 Å². The van der Waals surface area contributed by atoms with Crippen LogP contribution in [0.25, 0.3) is 0 Å². The second kappa shape index (κ2) is 7.16. The van der Waals surface area contributed by atoms with Crippen LogP contribution in [-0.4, -0.2) is 37.0 Å². The van der Waals surface area contributed by atoms with Gasteiger partial charge < -0.3 is 4.74 Å². The molecule has 0 amide bonds. The number of ether oxygens (including phenoxy) is 1. The fourth-order valence-corrected chi connectivity index (χ4v) is 4.53. The Hall–Kier alpha value is -0.170. The number of alkyl halides is 3. The predicted molar refractivity (Wildman–Crippen MR) is 81.2 cm³/mol. The van der Waals surface area contributed by atoms with Crippen molar-refractivity contribution in [2.45, 2.75) is 12.3 Å². The molecule has 0 spiro atoms. The monoisotopic (exact) mass is 532 g/mol. The smallest absolute Gasteiger partial charge is 0.426 e. The standard InChI is InChI=1S/C10H6Br3F3O5S/c11-4-1-5(12)8(6(13)2-4)9(17)21-7(10(14,15)16)3-22(18,19)20/h1-2,7H,3H2,(H,18,19,20). The van der Waals surface area contributed by atoms with E-state index in [-0.39, 0.29) is 14.5 Å². The van der Waals surface area contributed by atoms with Crippen molar-refractivity contribution in [3.63, 3.8) is 0 Å².